The predicted octanol–water partition coefficient (Wildman–Crippen LogP) is 2.30. The molecule has 1 atom stereocenters. The summed E-state index contributed by atoms with van der Waals surface area (Å²) in [5, 5.41) is 8.96. The van der Waals surface area contributed by atoms with E-state index in [1.807, 2.05) is 37.3 Å². The van der Waals surface area contributed by atoms with Crippen LogP contribution in [0.4, 0.5) is 0 Å². The quantitative estimate of drug-likeness (QED) is 0.743. The van der Waals surface area contributed by atoms with Crippen LogP contribution in [0.2, 0.25) is 0 Å². The molecule has 3 rings (SSSR count). The first-order valence-electron chi connectivity index (χ1n) is 5.69. The van der Waals surface area contributed by atoms with Gasteiger partial charge < -0.3 is 10.2 Å². The van der Waals surface area contributed by atoms with Gasteiger partial charge >= 0.3 is 0 Å². The number of rotatable bonds is 2. The largest absolute Gasteiger partial charge is 0.419 e. The third kappa shape index (κ3) is 1.74. The molecule has 0 aliphatic heterocycles. The zero-order chi connectivity index (χ0) is 12.5. The topological polar surface area (TPSA) is 77.8 Å². The standard InChI is InChI=1S/C13H12N4O/c1-8(14)12-16-17-13(18-12)10-6-7-15-11-5-3-2-4-9(10)11/h2-8H,14H2,1H3. The summed E-state index contributed by atoms with van der Waals surface area (Å²) in [5.74, 6) is 0.909. The molecule has 2 N–H and O–H groups in total. The molecule has 1 aromatic carbocycles. The molecule has 0 aliphatic carbocycles. The van der Waals surface area contributed by atoms with Crippen LogP contribution >= 0.6 is 0 Å². The SMILES string of the molecule is CC(N)c1nnc(-c2ccnc3ccccc23)o1. The highest BCUT2D eigenvalue weighted by molar-refractivity contribution is 5.91. The second-order valence-electron chi connectivity index (χ2n) is 4.11. The van der Waals surface area contributed by atoms with Gasteiger partial charge in [-0.25, -0.2) is 0 Å². The van der Waals surface area contributed by atoms with Crippen LogP contribution in [0.5, 0.6) is 0 Å². The van der Waals surface area contributed by atoms with E-state index in [2.05, 4.69) is 15.2 Å². The minimum Gasteiger partial charge on any atom is -0.419 e. The van der Waals surface area contributed by atoms with Gasteiger partial charge in [0.25, 0.3) is 0 Å². The molecule has 18 heavy (non-hydrogen) atoms. The maximum atomic E-state index is 5.71. The fourth-order valence-electron chi connectivity index (χ4n) is 1.81. The van der Waals surface area contributed by atoms with Gasteiger partial charge in [-0.3, -0.25) is 4.98 Å². The van der Waals surface area contributed by atoms with Gasteiger partial charge in [-0.2, -0.15) is 0 Å². The highest BCUT2D eigenvalue weighted by atomic mass is 16.4. The van der Waals surface area contributed by atoms with Gasteiger partial charge in [0.05, 0.1) is 11.6 Å². The van der Waals surface area contributed by atoms with Crippen molar-refractivity contribution in [3.63, 3.8) is 0 Å². The average molecular weight is 240 g/mol. The van der Waals surface area contributed by atoms with Crippen LogP contribution in [-0.4, -0.2) is 15.2 Å². The second kappa shape index (κ2) is 4.19. The lowest BCUT2D eigenvalue weighted by Crippen LogP contribution is -2.04. The highest BCUT2D eigenvalue weighted by Crippen LogP contribution is 2.26. The minimum atomic E-state index is -0.264. The molecular formula is C13H12N4O. The van der Waals surface area contributed by atoms with Gasteiger partial charge in [0, 0.05) is 17.1 Å². The van der Waals surface area contributed by atoms with Gasteiger partial charge in [-0.05, 0) is 19.1 Å². The Bertz CT molecular complexity index is 685. The molecule has 0 aliphatic rings. The number of benzene rings is 1. The second-order valence-corrected chi connectivity index (χ2v) is 4.11. The fraction of sp³-hybridized carbons (Fsp3) is 0.154. The first kappa shape index (κ1) is 10.9. The maximum Gasteiger partial charge on any atom is 0.248 e. The molecule has 2 aromatic heterocycles. The zero-order valence-corrected chi connectivity index (χ0v) is 9.87. The van der Waals surface area contributed by atoms with Crippen molar-refractivity contribution in [2.75, 3.05) is 0 Å². The summed E-state index contributed by atoms with van der Waals surface area (Å²) in [6.45, 7) is 1.81. The van der Waals surface area contributed by atoms with E-state index in [9.17, 15) is 0 Å². The monoisotopic (exact) mass is 240 g/mol. The predicted molar refractivity (Wildman–Crippen MR) is 67.6 cm³/mol. The molecule has 0 radical (unpaired) electrons. The first-order valence-corrected chi connectivity index (χ1v) is 5.69. The van der Waals surface area contributed by atoms with E-state index >= 15 is 0 Å². The lowest BCUT2D eigenvalue weighted by molar-refractivity contribution is 0.473. The van der Waals surface area contributed by atoms with Crippen molar-refractivity contribution in [1.82, 2.24) is 15.2 Å². The number of nitrogens with two attached hydrogens (primary N) is 1. The van der Waals surface area contributed by atoms with Crippen molar-refractivity contribution in [2.45, 2.75) is 13.0 Å². The normalized spacial score (nSPS) is 12.8. The Hall–Kier alpha value is -2.27. The van der Waals surface area contributed by atoms with Crippen molar-refractivity contribution in [3.8, 4) is 11.5 Å². The van der Waals surface area contributed by atoms with E-state index in [4.69, 9.17) is 10.2 Å². The number of para-hydroxylation sites is 1. The Labute approximate surface area is 104 Å². The number of hydrogen-bond acceptors (Lipinski definition) is 5. The summed E-state index contributed by atoms with van der Waals surface area (Å²) < 4.78 is 5.56. The summed E-state index contributed by atoms with van der Waals surface area (Å²) in [4.78, 5) is 4.29. The van der Waals surface area contributed by atoms with Crippen molar-refractivity contribution < 1.29 is 4.42 Å². The molecule has 5 nitrogen and oxygen atoms in total. The summed E-state index contributed by atoms with van der Waals surface area (Å²) in [6, 6.07) is 9.42. The van der Waals surface area contributed by atoms with Crippen LogP contribution in [0.15, 0.2) is 40.9 Å². The Morgan fingerprint density at radius 2 is 2.00 bits per heavy atom. The number of aromatic nitrogens is 3. The number of pyridine rings is 1. The van der Waals surface area contributed by atoms with E-state index < -0.39 is 0 Å². The van der Waals surface area contributed by atoms with Crippen LogP contribution in [-0.2, 0) is 0 Å². The van der Waals surface area contributed by atoms with Crippen LogP contribution in [0, 0.1) is 0 Å². The van der Waals surface area contributed by atoms with Gasteiger partial charge in [0.2, 0.25) is 11.8 Å². The third-order valence-electron chi connectivity index (χ3n) is 2.71. The van der Waals surface area contributed by atoms with E-state index in [-0.39, 0.29) is 6.04 Å². The van der Waals surface area contributed by atoms with Crippen molar-refractivity contribution in [1.29, 1.82) is 0 Å². The highest BCUT2D eigenvalue weighted by Gasteiger charge is 2.13. The maximum absolute atomic E-state index is 5.71. The van der Waals surface area contributed by atoms with Crippen LogP contribution in [0.1, 0.15) is 18.9 Å². The van der Waals surface area contributed by atoms with Crippen molar-refractivity contribution >= 4 is 10.9 Å². The Kier molecular flexibility index (Phi) is 2.53. The molecule has 0 amide bonds. The Morgan fingerprint density at radius 3 is 2.78 bits per heavy atom. The van der Waals surface area contributed by atoms with Crippen molar-refractivity contribution in [2.24, 2.45) is 5.73 Å². The van der Waals surface area contributed by atoms with Gasteiger partial charge in [-0.15, -0.1) is 10.2 Å². The minimum absolute atomic E-state index is 0.264. The van der Waals surface area contributed by atoms with Crippen molar-refractivity contribution in [3.05, 3.63) is 42.4 Å². The van der Waals surface area contributed by atoms with Crippen LogP contribution < -0.4 is 5.73 Å². The molecule has 0 saturated heterocycles. The molecule has 2 heterocycles. The van der Waals surface area contributed by atoms with Crippen LogP contribution in [0.25, 0.3) is 22.4 Å². The van der Waals surface area contributed by atoms with E-state index in [1.165, 1.54) is 0 Å². The molecular weight excluding hydrogens is 228 g/mol. The number of fused-ring (bicyclic) bond motifs is 1. The lowest BCUT2D eigenvalue weighted by Gasteiger charge is -2.01. The van der Waals surface area contributed by atoms with Crippen LogP contribution in [0.3, 0.4) is 0 Å². The molecule has 3 aromatic rings. The lowest BCUT2D eigenvalue weighted by atomic mass is 10.1. The van der Waals surface area contributed by atoms with Gasteiger partial charge in [0.15, 0.2) is 0 Å². The summed E-state index contributed by atoms with van der Waals surface area (Å²) >= 11 is 0. The zero-order valence-electron chi connectivity index (χ0n) is 9.87. The summed E-state index contributed by atoms with van der Waals surface area (Å²) in [7, 11) is 0. The molecule has 5 heteroatoms. The first-order chi connectivity index (χ1) is 8.75. The van der Waals surface area contributed by atoms with Gasteiger partial charge in [0.1, 0.15) is 0 Å². The Balaban J connectivity index is 2.18. The molecule has 0 spiro atoms. The van der Waals surface area contributed by atoms with E-state index in [0.29, 0.717) is 11.8 Å². The molecule has 90 valence electrons. The smallest absolute Gasteiger partial charge is 0.248 e. The van der Waals surface area contributed by atoms with Gasteiger partial charge in [-0.1, -0.05) is 18.2 Å². The Morgan fingerprint density at radius 1 is 1.17 bits per heavy atom. The molecule has 0 fully saturated rings. The molecule has 0 bridgehead atoms. The van der Waals surface area contributed by atoms with E-state index in [0.717, 1.165) is 16.5 Å². The average Bonchev–Trinajstić information content (AvgIpc) is 2.87. The third-order valence-corrected chi connectivity index (χ3v) is 2.71. The molecule has 1 unspecified atom stereocenters. The number of hydrogen-bond donors (Lipinski definition) is 1. The molecule has 0 saturated carbocycles. The van der Waals surface area contributed by atoms with E-state index in [1.54, 1.807) is 6.20 Å². The number of nitrogens with zero attached hydrogens (tertiary/aromatic N) is 3. The fourth-order valence-corrected chi connectivity index (χ4v) is 1.81. The summed E-state index contributed by atoms with van der Waals surface area (Å²) in [5.41, 5.74) is 7.48. The summed E-state index contributed by atoms with van der Waals surface area (Å²) in [6.07, 6.45) is 1.73.